The molecule has 0 aromatic heterocycles. The lowest BCUT2D eigenvalue weighted by molar-refractivity contribution is -0.116. The summed E-state index contributed by atoms with van der Waals surface area (Å²) in [6.07, 6.45) is 0. The Morgan fingerprint density at radius 2 is 1.56 bits per heavy atom. The van der Waals surface area contributed by atoms with Crippen LogP contribution in [0.1, 0.15) is 5.56 Å². The van der Waals surface area contributed by atoms with E-state index >= 15 is 0 Å². The third-order valence-corrected chi connectivity index (χ3v) is 6.82. The molecule has 168 valence electrons. The molecule has 0 aliphatic rings. The van der Waals surface area contributed by atoms with Gasteiger partial charge in [0.2, 0.25) is 5.91 Å². The van der Waals surface area contributed by atoms with Gasteiger partial charge in [-0.15, -0.1) is 0 Å². The van der Waals surface area contributed by atoms with Crippen LogP contribution in [0.4, 0.5) is 11.4 Å². The fraction of sp³-hybridized carbons (Fsp3) is 0.208. The zero-order valence-electron chi connectivity index (χ0n) is 18.5. The molecule has 32 heavy (non-hydrogen) atoms. The molecule has 8 heteroatoms. The highest BCUT2D eigenvalue weighted by Crippen LogP contribution is 2.31. The van der Waals surface area contributed by atoms with Crippen molar-refractivity contribution in [1.82, 2.24) is 0 Å². The molecule has 0 bridgehead atoms. The molecule has 0 radical (unpaired) electrons. The maximum absolute atomic E-state index is 13.7. The summed E-state index contributed by atoms with van der Waals surface area (Å²) in [6, 6.07) is 20.5. The van der Waals surface area contributed by atoms with Gasteiger partial charge in [-0.1, -0.05) is 30.3 Å². The molecule has 0 N–H and O–H groups in total. The second-order valence-electron chi connectivity index (χ2n) is 7.16. The van der Waals surface area contributed by atoms with Crippen molar-refractivity contribution in [3.8, 4) is 11.5 Å². The molecule has 0 spiro atoms. The fourth-order valence-electron chi connectivity index (χ4n) is 3.21. The highest BCUT2D eigenvalue weighted by atomic mass is 32.2. The molecular weight excluding hydrogens is 428 g/mol. The monoisotopic (exact) mass is 454 g/mol. The first kappa shape index (κ1) is 23.1. The van der Waals surface area contributed by atoms with Crippen LogP contribution in [0, 0.1) is 6.92 Å². The maximum atomic E-state index is 13.7. The van der Waals surface area contributed by atoms with Crippen molar-refractivity contribution in [1.29, 1.82) is 0 Å². The molecule has 0 saturated carbocycles. The molecule has 3 aromatic rings. The van der Waals surface area contributed by atoms with E-state index in [9.17, 15) is 13.2 Å². The summed E-state index contributed by atoms with van der Waals surface area (Å²) in [5, 5.41) is 0. The Morgan fingerprint density at radius 3 is 2.22 bits per heavy atom. The lowest BCUT2D eigenvalue weighted by Gasteiger charge is -2.27. The van der Waals surface area contributed by atoms with Gasteiger partial charge in [-0.3, -0.25) is 9.10 Å². The van der Waals surface area contributed by atoms with Gasteiger partial charge in [-0.2, -0.15) is 0 Å². The molecule has 0 saturated heterocycles. The number of ether oxygens (including phenoxy) is 2. The van der Waals surface area contributed by atoms with Gasteiger partial charge in [-0.05, 0) is 48.9 Å². The average molecular weight is 455 g/mol. The number of rotatable bonds is 8. The minimum Gasteiger partial charge on any atom is -0.497 e. The Hall–Kier alpha value is -3.52. The van der Waals surface area contributed by atoms with Gasteiger partial charge in [0.15, 0.2) is 0 Å². The molecule has 0 aliphatic heterocycles. The second kappa shape index (κ2) is 9.74. The van der Waals surface area contributed by atoms with E-state index < -0.39 is 22.5 Å². The van der Waals surface area contributed by atoms with Crippen LogP contribution in [-0.4, -0.2) is 42.1 Å². The van der Waals surface area contributed by atoms with Gasteiger partial charge in [0.25, 0.3) is 10.0 Å². The summed E-state index contributed by atoms with van der Waals surface area (Å²) in [4.78, 5) is 14.6. The van der Waals surface area contributed by atoms with Gasteiger partial charge in [0.1, 0.15) is 22.9 Å². The van der Waals surface area contributed by atoms with Crippen LogP contribution in [0.5, 0.6) is 11.5 Å². The number of nitrogens with zero attached hydrogens (tertiary/aromatic N) is 2. The van der Waals surface area contributed by atoms with Crippen LogP contribution in [0.2, 0.25) is 0 Å². The van der Waals surface area contributed by atoms with Crippen molar-refractivity contribution in [2.75, 3.05) is 37.0 Å². The molecule has 0 aliphatic carbocycles. The summed E-state index contributed by atoms with van der Waals surface area (Å²) in [6.45, 7) is 1.41. The molecule has 3 aromatic carbocycles. The second-order valence-corrected chi connectivity index (χ2v) is 8.99. The number of anilines is 2. The molecule has 0 atom stereocenters. The molecule has 0 unspecified atom stereocenters. The predicted octanol–water partition coefficient (Wildman–Crippen LogP) is 3.87. The topological polar surface area (TPSA) is 76.2 Å². The summed E-state index contributed by atoms with van der Waals surface area (Å²) in [5.41, 5.74) is 1.73. The number of methoxy groups -OCH3 is 2. The van der Waals surface area contributed by atoms with Crippen LogP contribution in [0.3, 0.4) is 0 Å². The largest absolute Gasteiger partial charge is 0.497 e. The highest BCUT2D eigenvalue weighted by molar-refractivity contribution is 7.93. The molecule has 7 nitrogen and oxygen atoms in total. The zero-order chi connectivity index (χ0) is 23.3. The lowest BCUT2D eigenvalue weighted by atomic mass is 10.2. The number of carbonyl (C=O) groups excluding carboxylic acids is 1. The zero-order valence-corrected chi connectivity index (χ0v) is 19.3. The van der Waals surface area contributed by atoms with Gasteiger partial charge < -0.3 is 14.4 Å². The Kier molecular flexibility index (Phi) is 7.05. The first-order valence-electron chi connectivity index (χ1n) is 9.91. The van der Waals surface area contributed by atoms with E-state index in [1.807, 2.05) is 0 Å². The van der Waals surface area contributed by atoms with Crippen LogP contribution in [0.15, 0.2) is 77.7 Å². The molecule has 1 amide bonds. The van der Waals surface area contributed by atoms with Crippen molar-refractivity contribution in [3.63, 3.8) is 0 Å². The Balaban J connectivity index is 2.02. The minimum atomic E-state index is -4.11. The van der Waals surface area contributed by atoms with Crippen molar-refractivity contribution < 1.29 is 22.7 Å². The molecule has 3 rings (SSSR count). The predicted molar refractivity (Wildman–Crippen MR) is 125 cm³/mol. The van der Waals surface area contributed by atoms with Crippen LogP contribution in [0.25, 0.3) is 0 Å². The molecule has 0 fully saturated rings. The summed E-state index contributed by atoms with van der Waals surface area (Å²) in [7, 11) is 0.447. The molecular formula is C24H26N2O5S. The number of hydrogen-bond donors (Lipinski definition) is 0. The Labute approximate surface area is 188 Å². The third kappa shape index (κ3) is 4.86. The van der Waals surface area contributed by atoms with E-state index in [1.54, 1.807) is 93.9 Å². The number of aryl methyl sites for hydroxylation is 1. The Morgan fingerprint density at radius 1 is 0.875 bits per heavy atom. The first-order chi connectivity index (χ1) is 15.3. The number of amides is 1. The van der Waals surface area contributed by atoms with Gasteiger partial charge in [0.05, 0.1) is 19.9 Å². The van der Waals surface area contributed by atoms with E-state index in [0.29, 0.717) is 17.1 Å². The number of sulfonamides is 1. The molecule has 0 heterocycles. The van der Waals surface area contributed by atoms with Gasteiger partial charge in [-0.25, -0.2) is 8.42 Å². The normalized spacial score (nSPS) is 11.0. The summed E-state index contributed by atoms with van der Waals surface area (Å²) in [5.74, 6) is 0.404. The average Bonchev–Trinajstić information content (AvgIpc) is 2.82. The first-order valence-corrected chi connectivity index (χ1v) is 11.3. The number of hydrogen-bond acceptors (Lipinski definition) is 5. The van der Waals surface area contributed by atoms with Gasteiger partial charge >= 0.3 is 0 Å². The SMILES string of the molecule is COc1cccc(N(C)C(=O)CN(c2ccccc2)S(=O)(=O)c2cc(C)ccc2OC)c1. The van der Waals surface area contributed by atoms with E-state index in [0.717, 1.165) is 9.87 Å². The number of para-hydroxylation sites is 1. The Bertz CT molecular complexity index is 1200. The van der Waals surface area contributed by atoms with Crippen LogP contribution >= 0.6 is 0 Å². The van der Waals surface area contributed by atoms with Crippen molar-refractivity contribution in [3.05, 3.63) is 78.4 Å². The smallest absolute Gasteiger partial charge is 0.268 e. The fourth-order valence-corrected chi connectivity index (χ4v) is 4.86. The van der Waals surface area contributed by atoms with E-state index in [4.69, 9.17) is 9.47 Å². The van der Waals surface area contributed by atoms with Crippen molar-refractivity contribution in [2.24, 2.45) is 0 Å². The quantitative estimate of drug-likeness (QED) is 0.516. The van der Waals surface area contributed by atoms with Crippen molar-refractivity contribution >= 4 is 27.3 Å². The lowest BCUT2D eigenvalue weighted by Crippen LogP contribution is -2.41. The van der Waals surface area contributed by atoms with Crippen LogP contribution < -0.4 is 18.7 Å². The highest BCUT2D eigenvalue weighted by Gasteiger charge is 2.31. The standard InChI is InChI=1S/C24H26N2O5S/c1-18-13-14-22(31-4)23(15-18)32(28,29)26(19-9-6-5-7-10-19)17-24(27)25(2)20-11-8-12-21(16-20)30-3/h5-16H,17H2,1-4H3. The number of likely N-dealkylation sites (N-methyl/N-ethyl adjacent to an activating group) is 1. The van der Waals surface area contributed by atoms with E-state index in [1.165, 1.54) is 12.0 Å². The number of carbonyl (C=O) groups is 1. The maximum Gasteiger partial charge on any atom is 0.268 e. The minimum absolute atomic E-state index is 0.000636. The number of benzene rings is 3. The third-order valence-electron chi connectivity index (χ3n) is 5.02. The van der Waals surface area contributed by atoms with E-state index in [-0.39, 0.29) is 10.6 Å². The summed E-state index contributed by atoms with van der Waals surface area (Å²) < 4.78 is 39.1. The van der Waals surface area contributed by atoms with E-state index in [2.05, 4.69) is 0 Å². The van der Waals surface area contributed by atoms with Gasteiger partial charge in [0, 0.05) is 18.8 Å². The van der Waals surface area contributed by atoms with Crippen LogP contribution in [-0.2, 0) is 14.8 Å². The summed E-state index contributed by atoms with van der Waals surface area (Å²) >= 11 is 0. The van der Waals surface area contributed by atoms with Crippen molar-refractivity contribution in [2.45, 2.75) is 11.8 Å².